The first-order valence-corrected chi connectivity index (χ1v) is 10.3. The van der Waals surface area contributed by atoms with Gasteiger partial charge in [-0.05, 0) is 31.9 Å². The zero-order chi connectivity index (χ0) is 18.1. The van der Waals surface area contributed by atoms with Crippen molar-refractivity contribution in [1.29, 1.82) is 0 Å². The van der Waals surface area contributed by atoms with E-state index >= 15 is 0 Å². The second-order valence-corrected chi connectivity index (χ2v) is 8.78. The van der Waals surface area contributed by atoms with Crippen LogP contribution in [0.1, 0.15) is 35.6 Å². The van der Waals surface area contributed by atoms with E-state index in [1.54, 1.807) is 11.3 Å². The predicted molar refractivity (Wildman–Crippen MR) is 105 cm³/mol. The van der Waals surface area contributed by atoms with E-state index in [1.165, 1.54) is 12.8 Å². The molecule has 0 radical (unpaired) electrons. The summed E-state index contributed by atoms with van der Waals surface area (Å²) in [5.74, 6) is 0.458. The third-order valence-corrected chi connectivity index (χ3v) is 6.55. The van der Waals surface area contributed by atoms with Crippen molar-refractivity contribution in [3.63, 3.8) is 0 Å². The number of aryl methyl sites for hydroxylation is 1. The van der Waals surface area contributed by atoms with Gasteiger partial charge in [-0.2, -0.15) is 0 Å². The van der Waals surface area contributed by atoms with Gasteiger partial charge < -0.3 is 5.32 Å². The van der Waals surface area contributed by atoms with Crippen molar-refractivity contribution >= 4 is 28.8 Å². The number of aromatic nitrogens is 1. The minimum Gasteiger partial charge on any atom is -0.348 e. The van der Waals surface area contributed by atoms with Crippen molar-refractivity contribution in [2.75, 3.05) is 0 Å². The molecule has 26 heavy (non-hydrogen) atoms. The first-order valence-electron chi connectivity index (χ1n) is 9.13. The number of amides is 1. The smallest absolute Gasteiger partial charge is 0.239 e. The number of thiazole rings is 1. The quantitative estimate of drug-likeness (QED) is 0.748. The van der Waals surface area contributed by atoms with Crippen LogP contribution < -0.4 is 16.2 Å². The number of hydrazine groups is 1. The largest absolute Gasteiger partial charge is 0.348 e. The Morgan fingerprint density at radius 1 is 1.27 bits per heavy atom. The molecule has 5 nitrogen and oxygen atoms in total. The Morgan fingerprint density at radius 2 is 2.04 bits per heavy atom. The molecule has 7 heteroatoms. The van der Waals surface area contributed by atoms with Crippen LogP contribution in [0.4, 0.5) is 0 Å². The highest BCUT2D eigenvalue weighted by Crippen LogP contribution is 2.31. The molecule has 3 atom stereocenters. The van der Waals surface area contributed by atoms with E-state index in [1.807, 2.05) is 24.3 Å². The van der Waals surface area contributed by atoms with Gasteiger partial charge in [-0.3, -0.25) is 10.2 Å². The average molecular weight is 391 g/mol. The van der Waals surface area contributed by atoms with E-state index in [9.17, 15) is 4.79 Å². The Balaban J connectivity index is 1.40. The molecule has 1 saturated carbocycles. The van der Waals surface area contributed by atoms with Crippen LogP contribution in [0.3, 0.4) is 0 Å². The normalized spacial score (nSPS) is 25.1. The molecule has 1 aliphatic carbocycles. The second-order valence-electron chi connectivity index (χ2n) is 7.06. The lowest BCUT2D eigenvalue weighted by Gasteiger charge is -2.26. The molecule has 138 valence electrons. The molecule has 0 bridgehead atoms. The van der Waals surface area contributed by atoms with Gasteiger partial charge in [0.1, 0.15) is 11.0 Å². The van der Waals surface area contributed by atoms with Crippen LogP contribution in [-0.2, 0) is 11.3 Å². The fourth-order valence-electron chi connectivity index (χ4n) is 3.98. The minimum atomic E-state index is -0.142. The Bertz CT molecular complexity index is 791. The maximum Gasteiger partial charge on any atom is 0.239 e. The van der Waals surface area contributed by atoms with E-state index in [-0.39, 0.29) is 11.9 Å². The third kappa shape index (κ3) is 3.64. The number of nitrogens with zero attached hydrogens (tertiary/aromatic N) is 1. The number of benzene rings is 1. The number of hydrogen-bond acceptors (Lipinski definition) is 5. The zero-order valence-corrected chi connectivity index (χ0v) is 16.3. The Hall–Kier alpha value is -1.47. The summed E-state index contributed by atoms with van der Waals surface area (Å²) in [4.78, 5) is 18.5. The van der Waals surface area contributed by atoms with E-state index in [2.05, 4.69) is 23.1 Å². The number of carbonyl (C=O) groups is 1. The van der Waals surface area contributed by atoms with Crippen LogP contribution in [0.2, 0.25) is 5.02 Å². The number of carbonyl (C=O) groups excluding carboxylic acids is 1. The molecular weight excluding hydrogens is 368 g/mol. The lowest BCUT2D eigenvalue weighted by atomic mass is 9.81. The van der Waals surface area contributed by atoms with Crippen LogP contribution >= 0.6 is 22.9 Å². The molecule has 2 heterocycles. The Morgan fingerprint density at radius 3 is 2.85 bits per heavy atom. The number of rotatable bonds is 4. The van der Waals surface area contributed by atoms with E-state index in [0.717, 1.165) is 34.0 Å². The van der Waals surface area contributed by atoms with Crippen LogP contribution in [0.25, 0.3) is 11.3 Å². The van der Waals surface area contributed by atoms with Crippen molar-refractivity contribution in [3.05, 3.63) is 39.2 Å². The fourth-order valence-corrected chi connectivity index (χ4v) is 5.00. The zero-order valence-electron chi connectivity index (χ0n) is 14.7. The minimum absolute atomic E-state index is 0.0628. The highest BCUT2D eigenvalue weighted by Gasteiger charge is 2.40. The molecule has 0 spiro atoms. The first-order chi connectivity index (χ1) is 12.6. The van der Waals surface area contributed by atoms with Crippen LogP contribution in [0.15, 0.2) is 24.3 Å². The SMILES string of the molecule is Cc1sc(CNC(=O)C2NNC3CCCCC32)nc1-c1ccc(Cl)cc1. The molecule has 1 amide bonds. The molecule has 2 aromatic rings. The number of halogens is 1. The maximum absolute atomic E-state index is 12.6. The molecule has 2 aliphatic rings. The highest BCUT2D eigenvalue weighted by atomic mass is 35.5. The summed E-state index contributed by atoms with van der Waals surface area (Å²) in [7, 11) is 0. The standard InChI is InChI=1S/C19H23ClN4OS/c1-11-17(12-6-8-13(20)9-7-12)22-16(26-11)10-21-19(25)18-14-4-2-3-5-15(14)23-24-18/h6-9,14-15,18,23-24H,2-5,10H2,1H3,(H,21,25). The summed E-state index contributed by atoms with van der Waals surface area (Å²) in [6.07, 6.45) is 4.72. The monoisotopic (exact) mass is 390 g/mol. The molecule has 3 unspecified atom stereocenters. The lowest BCUT2D eigenvalue weighted by Crippen LogP contribution is -2.45. The highest BCUT2D eigenvalue weighted by molar-refractivity contribution is 7.12. The summed E-state index contributed by atoms with van der Waals surface area (Å²) in [6.45, 7) is 2.52. The molecule has 3 N–H and O–H groups in total. The van der Waals surface area contributed by atoms with Crippen LogP contribution in [0.5, 0.6) is 0 Å². The Labute approximate surface area is 162 Å². The fraction of sp³-hybridized carbons (Fsp3) is 0.474. The summed E-state index contributed by atoms with van der Waals surface area (Å²) < 4.78 is 0. The van der Waals surface area contributed by atoms with Gasteiger partial charge in [0.25, 0.3) is 0 Å². The maximum atomic E-state index is 12.6. The topological polar surface area (TPSA) is 66.1 Å². The van der Waals surface area contributed by atoms with Gasteiger partial charge in [0.05, 0.1) is 12.2 Å². The molecule has 4 rings (SSSR count). The van der Waals surface area contributed by atoms with Crippen molar-refractivity contribution < 1.29 is 4.79 Å². The molecule has 1 saturated heterocycles. The number of nitrogens with one attached hydrogen (secondary N) is 3. The Kier molecular flexibility index (Phi) is 5.27. The van der Waals surface area contributed by atoms with Crippen molar-refractivity contribution in [2.45, 2.75) is 51.2 Å². The average Bonchev–Trinajstić information content (AvgIpc) is 3.24. The van der Waals surface area contributed by atoms with E-state index < -0.39 is 0 Å². The van der Waals surface area contributed by atoms with Crippen molar-refractivity contribution in [1.82, 2.24) is 21.2 Å². The van der Waals surface area contributed by atoms with Gasteiger partial charge in [-0.25, -0.2) is 10.4 Å². The van der Waals surface area contributed by atoms with Gasteiger partial charge in [0.15, 0.2) is 0 Å². The molecule has 1 aliphatic heterocycles. The van der Waals surface area contributed by atoms with Crippen LogP contribution in [0, 0.1) is 12.8 Å². The number of hydrogen-bond donors (Lipinski definition) is 3. The molecular formula is C19H23ClN4OS. The van der Waals surface area contributed by atoms with Gasteiger partial charge in [0.2, 0.25) is 5.91 Å². The van der Waals surface area contributed by atoms with Gasteiger partial charge in [0, 0.05) is 27.4 Å². The van der Waals surface area contributed by atoms with Crippen LogP contribution in [-0.4, -0.2) is 23.0 Å². The number of fused-ring (bicyclic) bond motifs is 1. The first kappa shape index (κ1) is 17.9. The lowest BCUT2D eigenvalue weighted by molar-refractivity contribution is -0.124. The summed E-state index contributed by atoms with van der Waals surface area (Å²) in [5, 5.41) is 4.70. The van der Waals surface area contributed by atoms with Gasteiger partial charge in [-0.15, -0.1) is 11.3 Å². The summed E-state index contributed by atoms with van der Waals surface area (Å²) in [5.41, 5.74) is 8.49. The van der Waals surface area contributed by atoms with Gasteiger partial charge in [-0.1, -0.05) is 36.6 Å². The molecule has 1 aromatic heterocycles. The van der Waals surface area contributed by atoms with Crippen molar-refractivity contribution in [2.24, 2.45) is 5.92 Å². The molecule has 1 aromatic carbocycles. The van der Waals surface area contributed by atoms with E-state index in [4.69, 9.17) is 16.6 Å². The van der Waals surface area contributed by atoms with E-state index in [0.29, 0.717) is 23.5 Å². The van der Waals surface area contributed by atoms with Gasteiger partial charge >= 0.3 is 0 Å². The summed E-state index contributed by atoms with van der Waals surface area (Å²) >= 11 is 7.59. The third-order valence-electron chi connectivity index (χ3n) is 5.33. The predicted octanol–water partition coefficient (Wildman–Crippen LogP) is 3.42. The second kappa shape index (κ2) is 7.64. The summed E-state index contributed by atoms with van der Waals surface area (Å²) in [6, 6.07) is 7.98. The molecule has 2 fully saturated rings. The van der Waals surface area contributed by atoms with Crippen molar-refractivity contribution in [3.8, 4) is 11.3 Å².